The van der Waals surface area contributed by atoms with Gasteiger partial charge in [-0.05, 0) is 29.3 Å². The van der Waals surface area contributed by atoms with Gasteiger partial charge >= 0.3 is 5.97 Å². The minimum absolute atomic E-state index is 0.0331. The van der Waals surface area contributed by atoms with Crippen molar-refractivity contribution < 1.29 is 24.3 Å². The summed E-state index contributed by atoms with van der Waals surface area (Å²) < 4.78 is 0. The molecule has 0 aliphatic rings. The van der Waals surface area contributed by atoms with Crippen LogP contribution in [0.2, 0.25) is 0 Å². The van der Waals surface area contributed by atoms with Gasteiger partial charge in [0.05, 0.1) is 5.56 Å². The van der Waals surface area contributed by atoms with E-state index in [4.69, 9.17) is 0 Å². The third kappa shape index (κ3) is 4.38. The highest BCUT2D eigenvalue weighted by atomic mass is 16.4. The summed E-state index contributed by atoms with van der Waals surface area (Å²) in [6.45, 7) is 0. The molecule has 0 radical (unpaired) electrons. The zero-order chi connectivity index (χ0) is 23.4. The van der Waals surface area contributed by atoms with Crippen molar-refractivity contribution in [3.05, 3.63) is 131 Å². The molecule has 0 unspecified atom stereocenters. The third-order valence-corrected chi connectivity index (χ3v) is 5.26. The molecule has 0 amide bonds. The number of Topliss-reactive ketones (excluding diaryl/α,β-unsaturated/α-hetero) is 2. The van der Waals surface area contributed by atoms with Crippen molar-refractivity contribution in [1.82, 2.24) is 0 Å². The molecule has 160 valence electrons. The second kappa shape index (κ2) is 9.24. The van der Waals surface area contributed by atoms with Crippen LogP contribution in [0.5, 0.6) is 0 Å². The highest BCUT2D eigenvalue weighted by Gasteiger charge is 2.25. The Hall–Kier alpha value is -4.64. The lowest BCUT2D eigenvalue weighted by Gasteiger charge is -2.12. The topological polar surface area (TPSA) is 88.5 Å². The van der Waals surface area contributed by atoms with Crippen LogP contribution in [0.15, 0.2) is 103 Å². The van der Waals surface area contributed by atoms with Crippen LogP contribution in [0.4, 0.5) is 0 Å². The monoisotopic (exact) mass is 434 g/mol. The van der Waals surface area contributed by atoms with Gasteiger partial charge in [-0.3, -0.25) is 14.4 Å². The number of ketones is 3. The van der Waals surface area contributed by atoms with Gasteiger partial charge in [0.25, 0.3) is 0 Å². The molecule has 0 saturated heterocycles. The molecule has 4 rings (SSSR count). The molecule has 5 nitrogen and oxygen atoms in total. The first-order chi connectivity index (χ1) is 16.0. The molecule has 0 atom stereocenters. The lowest BCUT2D eigenvalue weighted by atomic mass is 9.89. The van der Waals surface area contributed by atoms with Gasteiger partial charge in [-0.2, -0.15) is 0 Å². The van der Waals surface area contributed by atoms with E-state index in [0.717, 1.165) is 0 Å². The van der Waals surface area contributed by atoms with Crippen LogP contribution in [0.25, 0.3) is 11.1 Å². The summed E-state index contributed by atoms with van der Waals surface area (Å²) in [6, 6.07) is 27.4. The molecule has 0 fully saturated rings. The SMILES string of the molecule is O=C(C(=O)c1ccc(-c2ccccc2C(=O)O)cc1C(=O)c1ccccc1)c1ccccc1. The van der Waals surface area contributed by atoms with E-state index in [2.05, 4.69) is 0 Å². The molecule has 5 heteroatoms. The predicted molar refractivity (Wildman–Crippen MR) is 124 cm³/mol. The Bertz CT molecular complexity index is 1370. The van der Waals surface area contributed by atoms with Crippen LogP contribution < -0.4 is 0 Å². The van der Waals surface area contributed by atoms with Gasteiger partial charge in [0.2, 0.25) is 11.6 Å². The van der Waals surface area contributed by atoms with E-state index in [1.165, 1.54) is 30.3 Å². The number of hydrogen-bond donors (Lipinski definition) is 1. The molecule has 0 aliphatic heterocycles. The zero-order valence-corrected chi connectivity index (χ0v) is 17.4. The number of carbonyl (C=O) groups excluding carboxylic acids is 3. The maximum Gasteiger partial charge on any atom is 0.336 e. The lowest BCUT2D eigenvalue weighted by Crippen LogP contribution is -2.18. The molecule has 0 bridgehead atoms. The van der Waals surface area contributed by atoms with E-state index in [-0.39, 0.29) is 22.3 Å². The van der Waals surface area contributed by atoms with Crippen LogP contribution in [-0.4, -0.2) is 28.4 Å². The van der Waals surface area contributed by atoms with E-state index in [1.807, 2.05) is 0 Å². The summed E-state index contributed by atoms with van der Waals surface area (Å²) >= 11 is 0. The molecule has 0 spiro atoms. The minimum atomic E-state index is -1.11. The van der Waals surface area contributed by atoms with E-state index < -0.39 is 23.3 Å². The summed E-state index contributed by atoms with van der Waals surface area (Å²) in [4.78, 5) is 51.0. The van der Waals surface area contributed by atoms with Gasteiger partial charge in [0.1, 0.15) is 0 Å². The number of carbonyl (C=O) groups is 4. The first-order valence-electron chi connectivity index (χ1n) is 10.2. The Morgan fingerprint density at radius 1 is 0.515 bits per heavy atom. The highest BCUT2D eigenvalue weighted by molar-refractivity contribution is 6.50. The van der Waals surface area contributed by atoms with Crippen molar-refractivity contribution in [3.63, 3.8) is 0 Å². The number of carboxylic acid groups (broad SMARTS) is 1. The smallest absolute Gasteiger partial charge is 0.336 e. The summed E-state index contributed by atoms with van der Waals surface area (Å²) in [5.74, 6) is -3.08. The predicted octanol–water partition coefficient (Wildman–Crippen LogP) is 5.35. The third-order valence-electron chi connectivity index (χ3n) is 5.26. The van der Waals surface area contributed by atoms with E-state index in [9.17, 15) is 24.3 Å². The Kier molecular flexibility index (Phi) is 6.04. The van der Waals surface area contributed by atoms with Crippen molar-refractivity contribution >= 4 is 23.3 Å². The molecule has 4 aromatic carbocycles. The first kappa shape index (κ1) is 21.6. The van der Waals surface area contributed by atoms with Crippen LogP contribution in [-0.2, 0) is 0 Å². The van der Waals surface area contributed by atoms with Crippen molar-refractivity contribution in [2.45, 2.75) is 0 Å². The molecule has 33 heavy (non-hydrogen) atoms. The van der Waals surface area contributed by atoms with Crippen molar-refractivity contribution in [2.75, 3.05) is 0 Å². The summed E-state index contributed by atoms with van der Waals surface area (Å²) in [5, 5.41) is 9.56. The van der Waals surface area contributed by atoms with E-state index >= 15 is 0 Å². The van der Waals surface area contributed by atoms with Crippen LogP contribution in [0, 0.1) is 0 Å². The van der Waals surface area contributed by atoms with Crippen molar-refractivity contribution in [3.8, 4) is 11.1 Å². The molecular formula is C28H18O5. The number of aromatic carboxylic acids is 1. The lowest BCUT2D eigenvalue weighted by molar-refractivity contribution is 0.0697. The van der Waals surface area contributed by atoms with Gasteiger partial charge in [0, 0.05) is 22.3 Å². The Morgan fingerprint density at radius 2 is 1.09 bits per heavy atom. The fourth-order valence-corrected chi connectivity index (χ4v) is 3.61. The van der Waals surface area contributed by atoms with Crippen LogP contribution >= 0.6 is 0 Å². The number of hydrogen-bond acceptors (Lipinski definition) is 4. The van der Waals surface area contributed by atoms with Gasteiger partial charge in [-0.1, -0.05) is 84.9 Å². The van der Waals surface area contributed by atoms with Crippen LogP contribution in [0.3, 0.4) is 0 Å². The quantitative estimate of drug-likeness (QED) is 0.313. The molecule has 0 heterocycles. The van der Waals surface area contributed by atoms with Gasteiger partial charge in [0.15, 0.2) is 5.78 Å². The van der Waals surface area contributed by atoms with E-state index in [0.29, 0.717) is 16.7 Å². The van der Waals surface area contributed by atoms with E-state index in [1.54, 1.807) is 72.8 Å². The van der Waals surface area contributed by atoms with Crippen molar-refractivity contribution in [1.29, 1.82) is 0 Å². The normalized spacial score (nSPS) is 10.4. The number of rotatable bonds is 7. The minimum Gasteiger partial charge on any atom is -0.478 e. The maximum absolute atomic E-state index is 13.4. The maximum atomic E-state index is 13.4. The molecule has 0 saturated carbocycles. The molecular weight excluding hydrogens is 416 g/mol. The van der Waals surface area contributed by atoms with Gasteiger partial charge in [-0.15, -0.1) is 0 Å². The largest absolute Gasteiger partial charge is 0.478 e. The Labute approximate surface area is 190 Å². The number of benzene rings is 4. The fraction of sp³-hybridized carbons (Fsp3) is 0. The number of carboxylic acids is 1. The molecule has 0 aromatic heterocycles. The Morgan fingerprint density at radius 3 is 1.73 bits per heavy atom. The van der Waals surface area contributed by atoms with Crippen LogP contribution in [0.1, 0.15) is 47.0 Å². The second-order valence-electron chi connectivity index (χ2n) is 7.33. The summed E-state index contributed by atoms with van der Waals surface area (Å²) in [6.07, 6.45) is 0. The highest BCUT2D eigenvalue weighted by Crippen LogP contribution is 2.28. The Balaban J connectivity index is 1.87. The average molecular weight is 434 g/mol. The van der Waals surface area contributed by atoms with Gasteiger partial charge in [-0.25, -0.2) is 4.79 Å². The zero-order valence-electron chi connectivity index (χ0n) is 17.4. The molecule has 0 aliphatic carbocycles. The van der Waals surface area contributed by atoms with Gasteiger partial charge < -0.3 is 5.11 Å². The standard InChI is InChI=1S/C28H18O5/c29-25(18-9-3-1-4-10-18)24-17-20(21-13-7-8-14-23(21)28(32)33)15-16-22(24)27(31)26(30)19-11-5-2-6-12-19/h1-17H,(H,32,33). The molecule has 1 N–H and O–H groups in total. The molecule has 4 aromatic rings. The van der Waals surface area contributed by atoms with Crippen molar-refractivity contribution in [2.24, 2.45) is 0 Å². The average Bonchev–Trinajstić information content (AvgIpc) is 2.88. The first-order valence-corrected chi connectivity index (χ1v) is 10.2. The summed E-state index contributed by atoms with van der Waals surface area (Å²) in [5.41, 5.74) is 1.50. The second-order valence-corrected chi connectivity index (χ2v) is 7.33. The summed E-state index contributed by atoms with van der Waals surface area (Å²) in [7, 11) is 0. The fourth-order valence-electron chi connectivity index (χ4n) is 3.61.